The van der Waals surface area contributed by atoms with Crippen LogP contribution in [0.25, 0.3) is 0 Å². The highest BCUT2D eigenvalue weighted by Crippen LogP contribution is 2.29. The predicted molar refractivity (Wildman–Crippen MR) is 82.7 cm³/mol. The third-order valence-corrected chi connectivity index (χ3v) is 3.43. The van der Waals surface area contributed by atoms with Crippen molar-refractivity contribution >= 4 is 44.9 Å². The van der Waals surface area contributed by atoms with E-state index in [9.17, 15) is 14.9 Å². The number of nitro benzene ring substituents is 1. The molecule has 0 unspecified atom stereocenters. The lowest BCUT2D eigenvalue weighted by Crippen LogP contribution is -2.15. The molecule has 0 saturated carbocycles. The Bertz CT molecular complexity index is 737. The number of nitro groups is 1. The zero-order valence-corrected chi connectivity index (χ0v) is 13.1. The van der Waals surface area contributed by atoms with Crippen LogP contribution in [0.15, 0.2) is 34.9 Å². The molecule has 1 heterocycles. The van der Waals surface area contributed by atoms with Crippen molar-refractivity contribution in [3.63, 3.8) is 0 Å². The monoisotopic (exact) mass is 369 g/mol. The van der Waals surface area contributed by atoms with Gasteiger partial charge in [-0.15, -0.1) is 0 Å². The number of benzene rings is 1. The lowest BCUT2D eigenvalue weighted by molar-refractivity contribution is -0.385. The molecule has 108 valence electrons. The molecular weight excluding hydrogens is 362 g/mol. The molecular formula is C13H9BrClN3O3. The topological polar surface area (TPSA) is 85.1 Å². The zero-order valence-electron chi connectivity index (χ0n) is 10.8. The van der Waals surface area contributed by atoms with E-state index in [-0.39, 0.29) is 10.6 Å². The largest absolute Gasteiger partial charge is 0.306 e. The highest BCUT2D eigenvalue weighted by Gasteiger charge is 2.24. The van der Waals surface area contributed by atoms with E-state index in [0.29, 0.717) is 5.82 Å². The predicted octanol–water partition coefficient (Wildman–Crippen LogP) is 3.97. The molecule has 0 saturated heterocycles. The van der Waals surface area contributed by atoms with E-state index in [1.165, 1.54) is 24.4 Å². The summed E-state index contributed by atoms with van der Waals surface area (Å²) in [5.74, 6) is -0.306. The lowest BCUT2D eigenvalue weighted by Gasteiger charge is -2.08. The number of rotatable bonds is 3. The molecule has 0 radical (unpaired) electrons. The Balaban J connectivity index is 2.37. The van der Waals surface area contributed by atoms with Crippen molar-refractivity contribution in [2.45, 2.75) is 6.92 Å². The van der Waals surface area contributed by atoms with Gasteiger partial charge < -0.3 is 5.32 Å². The van der Waals surface area contributed by atoms with Gasteiger partial charge in [0.25, 0.3) is 5.91 Å². The summed E-state index contributed by atoms with van der Waals surface area (Å²) in [4.78, 5) is 26.6. The molecule has 1 amide bonds. The Morgan fingerprint density at radius 2 is 2.19 bits per heavy atom. The van der Waals surface area contributed by atoms with Gasteiger partial charge in [-0.3, -0.25) is 14.9 Å². The number of aryl methyl sites for hydroxylation is 1. The minimum atomic E-state index is -0.681. The number of pyridine rings is 1. The van der Waals surface area contributed by atoms with Gasteiger partial charge in [0.2, 0.25) is 0 Å². The molecule has 0 bridgehead atoms. The zero-order chi connectivity index (χ0) is 15.6. The Labute approximate surface area is 133 Å². The van der Waals surface area contributed by atoms with E-state index in [1.807, 2.05) is 0 Å². The average molecular weight is 371 g/mol. The number of amides is 1. The van der Waals surface area contributed by atoms with Gasteiger partial charge in [-0.25, -0.2) is 4.98 Å². The van der Waals surface area contributed by atoms with Gasteiger partial charge in [-0.1, -0.05) is 17.7 Å². The van der Waals surface area contributed by atoms with Crippen LogP contribution in [0, 0.1) is 17.0 Å². The fourth-order valence-corrected chi connectivity index (χ4v) is 2.42. The fraction of sp³-hybridized carbons (Fsp3) is 0.0769. The van der Waals surface area contributed by atoms with Crippen molar-refractivity contribution in [1.82, 2.24) is 4.98 Å². The van der Waals surface area contributed by atoms with Crippen molar-refractivity contribution in [3.05, 3.63) is 61.2 Å². The SMILES string of the molecule is Cc1cc(Br)cnc1NC(=O)c1cccc(Cl)c1[N+](=O)[O-]. The van der Waals surface area contributed by atoms with Crippen molar-refractivity contribution in [3.8, 4) is 0 Å². The fourth-order valence-electron chi connectivity index (χ4n) is 1.73. The van der Waals surface area contributed by atoms with E-state index in [4.69, 9.17) is 11.6 Å². The molecule has 0 aliphatic rings. The maximum Gasteiger partial charge on any atom is 0.300 e. The highest BCUT2D eigenvalue weighted by molar-refractivity contribution is 9.10. The number of anilines is 1. The smallest absolute Gasteiger partial charge is 0.300 e. The van der Waals surface area contributed by atoms with Crippen molar-refractivity contribution < 1.29 is 9.72 Å². The molecule has 0 aliphatic heterocycles. The van der Waals surface area contributed by atoms with Crippen LogP contribution in [0.4, 0.5) is 11.5 Å². The number of halogens is 2. The first-order chi connectivity index (χ1) is 9.90. The number of hydrogen-bond donors (Lipinski definition) is 1. The second-order valence-electron chi connectivity index (χ2n) is 4.17. The number of nitrogens with one attached hydrogen (secondary N) is 1. The van der Waals surface area contributed by atoms with Gasteiger partial charge in [0.1, 0.15) is 16.4 Å². The van der Waals surface area contributed by atoms with Crippen LogP contribution >= 0.6 is 27.5 Å². The van der Waals surface area contributed by atoms with Crippen molar-refractivity contribution in [2.75, 3.05) is 5.32 Å². The van der Waals surface area contributed by atoms with E-state index in [0.717, 1.165) is 10.0 Å². The summed E-state index contributed by atoms with van der Waals surface area (Å²) in [6, 6.07) is 5.95. The Morgan fingerprint density at radius 3 is 2.81 bits per heavy atom. The summed E-state index contributed by atoms with van der Waals surface area (Å²) in [7, 11) is 0. The molecule has 6 nitrogen and oxygen atoms in total. The van der Waals surface area contributed by atoms with Gasteiger partial charge >= 0.3 is 5.69 Å². The molecule has 0 fully saturated rings. The van der Waals surface area contributed by atoms with Gasteiger partial charge in [-0.05, 0) is 46.6 Å². The number of carbonyl (C=O) groups excluding carboxylic acids is 1. The van der Waals surface area contributed by atoms with E-state index in [1.54, 1.807) is 13.0 Å². The summed E-state index contributed by atoms with van der Waals surface area (Å²) >= 11 is 9.05. The third kappa shape index (κ3) is 3.37. The highest BCUT2D eigenvalue weighted by atomic mass is 79.9. The van der Waals surface area contributed by atoms with Crippen molar-refractivity contribution in [1.29, 1.82) is 0 Å². The summed E-state index contributed by atoms with van der Waals surface area (Å²) in [5.41, 5.74) is 0.186. The van der Waals surface area contributed by atoms with Crippen LogP contribution in [-0.4, -0.2) is 15.8 Å². The molecule has 2 rings (SSSR count). The molecule has 0 spiro atoms. The summed E-state index contributed by atoms with van der Waals surface area (Å²) < 4.78 is 0.770. The number of carbonyl (C=O) groups is 1. The first kappa shape index (κ1) is 15.4. The van der Waals surface area contributed by atoms with E-state index < -0.39 is 16.5 Å². The second kappa shape index (κ2) is 6.19. The van der Waals surface area contributed by atoms with Crippen LogP contribution in [0.2, 0.25) is 5.02 Å². The van der Waals surface area contributed by atoms with Gasteiger partial charge in [0, 0.05) is 10.7 Å². The molecule has 1 aromatic carbocycles. The number of para-hydroxylation sites is 1. The van der Waals surface area contributed by atoms with Gasteiger partial charge in [0.15, 0.2) is 0 Å². The molecule has 0 aliphatic carbocycles. The first-order valence-electron chi connectivity index (χ1n) is 5.76. The summed E-state index contributed by atoms with van der Waals surface area (Å²) in [6.45, 7) is 1.76. The molecule has 1 aromatic heterocycles. The van der Waals surface area contributed by atoms with Gasteiger partial charge in [-0.2, -0.15) is 0 Å². The molecule has 8 heteroatoms. The molecule has 1 N–H and O–H groups in total. The van der Waals surface area contributed by atoms with E-state index >= 15 is 0 Å². The summed E-state index contributed by atoms with van der Waals surface area (Å²) in [6.07, 6.45) is 1.52. The normalized spacial score (nSPS) is 10.2. The minimum Gasteiger partial charge on any atom is -0.306 e. The Morgan fingerprint density at radius 1 is 1.48 bits per heavy atom. The van der Waals surface area contributed by atoms with E-state index in [2.05, 4.69) is 26.2 Å². The maximum absolute atomic E-state index is 12.2. The van der Waals surface area contributed by atoms with Crippen LogP contribution in [0.3, 0.4) is 0 Å². The number of nitrogens with zero attached hydrogens (tertiary/aromatic N) is 2. The quantitative estimate of drug-likeness (QED) is 0.654. The van der Waals surface area contributed by atoms with Crippen molar-refractivity contribution in [2.24, 2.45) is 0 Å². The lowest BCUT2D eigenvalue weighted by atomic mass is 10.1. The van der Waals surface area contributed by atoms with Crippen LogP contribution in [0.1, 0.15) is 15.9 Å². The average Bonchev–Trinajstić information content (AvgIpc) is 2.41. The minimum absolute atomic E-state index is 0.0897. The Kier molecular flexibility index (Phi) is 4.54. The van der Waals surface area contributed by atoms with Gasteiger partial charge in [0.05, 0.1) is 4.92 Å². The number of hydrogen-bond acceptors (Lipinski definition) is 4. The van der Waals surface area contributed by atoms with Crippen LogP contribution in [0.5, 0.6) is 0 Å². The molecule has 21 heavy (non-hydrogen) atoms. The number of aromatic nitrogens is 1. The Hall–Kier alpha value is -1.99. The maximum atomic E-state index is 12.2. The summed E-state index contributed by atoms with van der Waals surface area (Å²) in [5, 5.41) is 13.5. The first-order valence-corrected chi connectivity index (χ1v) is 6.93. The van der Waals surface area contributed by atoms with Crippen LogP contribution < -0.4 is 5.32 Å². The molecule has 0 atom stereocenters. The third-order valence-electron chi connectivity index (χ3n) is 2.69. The van der Waals surface area contributed by atoms with Crippen LogP contribution in [-0.2, 0) is 0 Å². The standard InChI is InChI=1S/C13H9BrClN3O3/c1-7-5-8(14)6-16-12(7)17-13(19)9-3-2-4-10(15)11(9)18(20)21/h2-6H,1H3,(H,16,17,19). The second-order valence-corrected chi connectivity index (χ2v) is 5.49. The molecule has 2 aromatic rings.